The zero-order chi connectivity index (χ0) is 13.2. The zero-order valence-electron chi connectivity index (χ0n) is 11.7. The molecule has 2 fully saturated rings. The number of aryl methyl sites for hydroxylation is 1. The number of anilines is 2. The Hall–Kier alpha value is -1.51. The van der Waals surface area contributed by atoms with E-state index in [1.165, 1.54) is 37.2 Å². The summed E-state index contributed by atoms with van der Waals surface area (Å²) < 4.78 is 0. The number of carbonyl (C=O) groups is 1. The topological polar surface area (TPSA) is 23.6 Å². The van der Waals surface area contributed by atoms with Gasteiger partial charge in [0.25, 0.3) is 0 Å². The second kappa shape index (κ2) is 5.24. The Morgan fingerprint density at radius 1 is 1.11 bits per heavy atom. The minimum absolute atomic E-state index is 0.274. The van der Waals surface area contributed by atoms with Gasteiger partial charge in [-0.05, 0) is 49.4 Å². The van der Waals surface area contributed by atoms with Crippen molar-refractivity contribution in [3.05, 3.63) is 23.8 Å². The van der Waals surface area contributed by atoms with E-state index in [2.05, 4.69) is 30.0 Å². The fourth-order valence-electron chi connectivity index (χ4n) is 3.21. The van der Waals surface area contributed by atoms with Crippen LogP contribution in [0.4, 0.5) is 11.4 Å². The average Bonchev–Trinajstić information content (AvgIpc) is 3.09. The summed E-state index contributed by atoms with van der Waals surface area (Å²) in [4.78, 5) is 16.2. The summed E-state index contributed by atoms with van der Waals surface area (Å²) in [6, 6.07) is 6.55. The molecule has 0 spiro atoms. The highest BCUT2D eigenvalue weighted by Crippen LogP contribution is 2.30. The maximum Gasteiger partial charge on any atom is 0.227 e. The van der Waals surface area contributed by atoms with Gasteiger partial charge in [0.2, 0.25) is 5.91 Å². The molecule has 2 heterocycles. The van der Waals surface area contributed by atoms with Crippen LogP contribution in [-0.2, 0) is 11.2 Å². The van der Waals surface area contributed by atoms with Crippen LogP contribution in [0.5, 0.6) is 0 Å². The lowest BCUT2D eigenvalue weighted by molar-refractivity contribution is -0.117. The molecule has 0 saturated carbocycles. The van der Waals surface area contributed by atoms with E-state index in [9.17, 15) is 4.79 Å². The average molecular weight is 258 g/mol. The molecule has 102 valence electrons. The maximum absolute atomic E-state index is 11.8. The molecule has 3 heteroatoms. The Balaban J connectivity index is 1.90. The SMILES string of the molecule is CCc1cc(N2CCCC2=O)ccc1N1CCCC1. The van der Waals surface area contributed by atoms with Crippen molar-refractivity contribution in [2.75, 3.05) is 29.4 Å². The molecule has 1 aromatic carbocycles. The van der Waals surface area contributed by atoms with Gasteiger partial charge in [-0.25, -0.2) is 0 Å². The van der Waals surface area contributed by atoms with Crippen LogP contribution in [0.25, 0.3) is 0 Å². The summed E-state index contributed by atoms with van der Waals surface area (Å²) in [6.45, 7) is 5.43. The van der Waals surface area contributed by atoms with Crippen molar-refractivity contribution in [3.8, 4) is 0 Å². The lowest BCUT2D eigenvalue weighted by Crippen LogP contribution is -2.24. The lowest BCUT2D eigenvalue weighted by Gasteiger charge is -2.24. The Kier molecular flexibility index (Phi) is 3.45. The molecular formula is C16H22N2O. The quantitative estimate of drug-likeness (QED) is 0.832. The van der Waals surface area contributed by atoms with E-state index in [0.29, 0.717) is 6.42 Å². The largest absolute Gasteiger partial charge is 0.371 e. The molecule has 0 aromatic heterocycles. The van der Waals surface area contributed by atoms with Gasteiger partial charge in [-0.3, -0.25) is 4.79 Å². The molecule has 0 unspecified atom stereocenters. The fourth-order valence-corrected chi connectivity index (χ4v) is 3.21. The van der Waals surface area contributed by atoms with Gasteiger partial charge in [0.15, 0.2) is 0 Å². The normalized spacial score (nSPS) is 19.5. The molecule has 2 aliphatic rings. The third-order valence-corrected chi connectivity index (χ3v) is 4.28. The highest BCUT2D eigenvalue weighted by atomic mass is 16.2. The van der Waals surface area contributed by atoms with Gasteiger partial charge in [-0.15, -0.1) is 0 Å². The first-order valence-electron chi connectivity index (χ1n) is 7.48. The Bertz CT molecular complexity index is 478. The highest BCUT2D eigenvalue weighted by Gasteiger charge is 2.23. The second-order valence-corrected chi connectivity index (χ2v) is 5.51. The molecule has 1 amide bonds. The summed E-state index contributed by atoms with van der Waals surface area (Å²) in [5, 5.41) is 0. The van der Waals surface area contributed by atoms with Crippen LogP contribution < -0.4 is 9.80 Å². The van der Waals surface area contributed by atoms with Gasteiger partial charge >= 0.3 is 0 Å². The number of benzene rings is 1. The molecule has 0 bridgehead atoms. The van der Waals surface area contributed by atoms with E-state index in [4.69, 9.17) is 0 Å². The molecule has 0 N–H and O–H groups in total. The maximum atomic E-state index is 11.8. The van der Waals surface area contributed by atoms with Crippen molar-refractivity contribution in [2.24, 2.45) is 0 Å². The van der Waals surface area contributed by atoms with Crippen molar-refractivity contribution < 1.29 is 4.79 Å². The van der Waals surface area contributed by atoms with E-state index >= 15 is 0 Å². The van der Waals surface area contributed by atoms with E-state index in [1.54, 1.807) is 0 Å². The zero-order valence-corrected chi connectivity index (χ0v) is 11.7. The van der Waals surface area contributed by atoms with Gasteiger partial charge in [0, 0.05) is 37.4 Å². The molecule has 3 rings (SSSR count). The van der Waals surface area contributed by atoms with Crippen LogP contribution >= 0.6 is 0 Å². The summed E-state index contributed by atoms with van der Waals surface area (Å²) in [6.07, 6.45) is 5.33. The minimum Gasteiger partial charge on any atom is -0.371 e. The van der Waals surface area contributed by atoms with Crippen molar-refractivity contribution in [2.45, 2.75) is 39.0 Å². The third kappa shape index (κ3) is 2.34. The first-order valence-corrected chi connectivity index (χ1v) is 7.48. The van der Waals surface area contributed by atoms with Crippen molar-refractivity contribution >= 4 is 17.3 Å². The lowest BCUT2D eigenvalue weighted by atomic mass is 10.1. The molecule has 1 aromatic rings. The van der Waals surface area contributed by atoms with Crippen molar-refractivity contribution in [3.63, 3.8) is 0 Å². The first-order chi connectivity index (χ1) is 9.29. The molecule has 2 aliphatic heterocycles. The van der Waals surface area contributed by atoms with Crippen LogP contribution in [0, 0.1) is 0 Å². The number of nitrogens with zero attached hydrogens (tertiary/aromatic N) is 2. The summed E-state index contributed by atoms with van der Waals surface area (Å²) >= 11 is 0. The van der Waals surface area contributed by atoms with Crippen LogP contribution in [0.2, 0.25) is 0 Å². The van der Waals surface area contributed by atoms with Gasteiger partial charge in [-0.1, -0.05) is 6.92 Å². The smallest absolute Gasteiger partial charge is 0.227 e. The molecule has 0 radical (unpaired) electrons. The standard InChI is InChI=1S/C16H22N2O/c1-2-13-12-14(18-11-5-6-16(18)19)7-8-15(13)17-9-3-4-10-17/h7-8,12H,2-6,9-11H2,1H3. The Morgan fingerprint density at radius 3 is 2.53 bits per heavy atom. The van der Waals surface area contributed by atoms with E-state index in [-0.39, 0.29) is 5.91 Å². The third-order valence-electron chi connectivity index (χ3n) is 4.28. The van der Waals surface area contributed by atoms with Gasteiger partial charge in [0.1, 0.15) is 0 Å². The van der Waals surface area contributed by atoms with Gasteiger partial charge in [-0.2, -0.15) is 0 Å². The Labute approximate surface area is 115 Å². The van der Waals surface area contributed by atoms with Crippen molar-refractivity contribution in [1.82, 2.24) is 0 Å². The molecule has 0 aliphatic carbocycles. The van der Waals surface area contributed by atoms with E-state index in [1.807, 2.05) is 4.90 Å². The number of rotatable bonds is 3. The highest BCUT2D eigenvalue weighted by molar-refractivity contribution is 5.95. The molecular weight excluding hydrogens is 236 g/mol. The second-order valence-electron chi connectivity index (χ2n) is 5.51. The minimum atomic E-state index is 0.274. The summed E-state index contributed by atoms with van der Waals surface area (Å²) in [5.74, 6) is 0.274. The van der Waals surface area contributed by atoms with E-state index in [0.717, 1.165) is 25.1 Å². The molecule has 0 atom stereocenters. The van der Waals surface area contributed by atoms with Crippen LogP contribution in [0.3, 0.4) is 0 Å². The fraction of sp³-hybridized carbons (Fsp3) is 0.562. The van der Waals surface area contributed by atoms with Crippen molar-refractivity contribution in [1.29, 1.82) is 0 Å². The number of hydrogen-bond donors (Lipinski definition) is 0. The van der Waals surface area contributed by atoms with Crippen LogP contribution in [0.15, 0.2) is 18.2 Å². The molecule has 3 nitrogen and oxygen atoms in total. The Morgan fingerprint density at radius 2 is 1.89 bits per heavy atom. The predicted molar refractivity (Wildman–Crippen MR) is 78.9 cm³/mol. The number of amides is 1. The summed E-state index contributed by atoms with van der Waals surface area (Å²) in [5.41, 5.74) is 3.83. The first kappa shape index (κ1) is 12.5. The molecule has 19 heavy (non-hydrogen) atoms. The number of carbonyl (C=O) groups excluding carboxylic acids is 1. The van der Waals surface area contributed by atoms with Crippen LogP contribution in [-0.4, -0.2) is 25.5 Å². The van der Waals surface area contributed by atoms with Gasteiger partial charge in [0.05, 0.1) is 0 Å². The number of hydrogen-bond acceptors (Lipinski definition) is 2. The van der Waals surface area contributed by atoms with Gasteiger partial charge < -0.3 is 9.80 Å². The molecule has 2 saturated heterocycles. The summed E-state index contributed by atoms with van der Waals surface area (Å²) in [7, 11) is 0. The van der Waals surface area contributed by atoms with Crippen LogP contribution in [0.1, 0.15) is 38.2 Å². The monoisotopic (exact) mass is 258 g/mol. The van der Waals surface area contributed by atoms with E-state index < -0.39 is 0 Å². The predicted octanol–water partition coefficient (Wildman–Crippen LogP) is 2.98.